The Morgan fingerprint density at radius 2 is 1.50 bits per heavy atom. The average Bonchev–Trinajstić information content (AvgIpc) is 2.92. The highest BCUT2D eigenvalue weighted by Gasteiger charge is 2.35. The van der Waals surface area contributed by atoms with E-state index in [1.807, 2.05) is 5.92 Å². The fourth-order valence-electron chi connectivity index (χ4n) is 2.84. The van der Waals surface area contributed by atoms with Gasteiger partial charge in [0.1, 0.15) is 0 Å². The van der Waals surface area contributed by atoms with E-state index in [0.717, 1.165) is 11.8 Å². The van der Waals surface area contributed by atoms with Crippen molar-refractivity contribution in [2.45, 2.75) is 58.3 Å². The van der Waals surface area contributed by atoms with E-state index in [1.165, 1.54) is 51.4 Å². The van der Waals surface area contributed by atoms with Gasteiger partial charge in [-0.25, -0.2) is 0 Å². The molecule has 0 heteroatoms. The maximum atomic E-state index is 2.36. The molecule has 2 fully saturated rings. The highest BCUT2D eigenvalue weighted by Crippen LogP contribution is 2.47. The molecule has 2 saturated carbocycles. The highest BCUT2D eigenvalue weighted by molar-refractivity contribution is 5.07. The molecular weight excluding hydrogens is 144 g/mol. The molecule has 0 atom stereocenters. The summed E-state index contributed by atoms with van der Waals surface area (Å²) in [5.41, 5.74) is 0. The molecule has 69 valence electrons. The minimum Gasteiger partial charge on any atom is -0.0648 e. The Morgan fingerprint density at radius 1 is 0.917 bits per heavy atom. The summed E-state index contributed by atoms with van der Waals surface area (Å²) in [7, 11) is 0. The van der Waals surface area contributed by atoms with E-state index in [-0.39, 0.29) is 0 Å². The molecule has 0 amide bonds. The van der Waals surface area contributed by atoms with E-state index in [0.29, 0.717) is 0 Å². The molecule has 2 aliphatic rings. The zero-order chi connectivity index (χ0) is 8.39. The molecule has 0 aliphatic heterocycles. The van der Waals surface area contributed by atoms with Gasteiger partial charge in [-0.3, -0.25) is 0 Å². The van der Waals surface area contributed by atoms with Crippen LogP contribution in [-0.4, -0.2) is 0 Å². The van der Waals surface area contributed by atoms with E-state index >= 15 is 0 Å². The first-order chi connectivity index (χ1) is 5.92. The van der Waals surface area contributed by atoms with Gasteiger partial charge in [-0.15, -0.1) is 0 Å². The standard InChI is InChI=1S/C12H21/c1-2-12(11-8-9-11)10-6-4-3-5-7-10/h10-11H,2-9H2,1H3. The van der Waals surface area contributed by atoms with Crippen molar-refractivity contribution in [1.29, 1.82) is 0 Å². The molecule has 2 aliphatic carbocycles. The van der Waals surface area contributed by atoms with Crippen LogP contribution in [-0.2, 0) is 0 Å². The molecule has 0 heterocycles. The molecule has 0 aromatic heterocycles. The third-order valence-electron chi connectivity index (χ3n) is 3.64. The molecule has 0 spiro atoms. The van der Waals surface area contributed by atoms with Gasteiger partial charge < -0.3 is 0 Å². The first-order valence-electron chi connectivity index (χ1n) is 5.77. The van der Waals surface area contributed by atoms with Crippen molar-refractivity contribution in [3.8, 4) is 0 Å². The van der Waals surface area contributed by atoms with Crippen LogP contribution in [0.2, 0.25) is 0 Å². The fourth-order valence-corrected chi connectivity index (χ4v) is 2.84. The Bertz CT molecular complexity index is 129. The second-order valence-electron chi connectivity index (χ2n) is 4.54. The van der Waals surface area contributed by atoms with Crippen LogP contribution >= 0.6 is 0 Å². The SMILES string of the molecule is CC[C](C1CCCCC1)C1CC1. The molecule has 0 nitrogen and oxygen atoms in total. The van der Waals surface area contributed by atoms with Crippen molar-refractivity contribution in [3.63, 3.8) is 0 Å². The van der Waals surface area contributed by atoms with E-state index < -0.39 is 0 Å². The van der Waals surface area contributed by atoms with Crippen LogP contribution in [0.15, 0.2) is 0 Å². The molecule has 12 heavy (non-hydrogen) atoms. The summed E-state index contributed by atoms with van der Waals surface area (Å²) < 4.78 is 0. The average molecular weight is 165 g/mol. The Labute approximate surface area is 76.7 Å². The van der Waals surface area contributed by atoms with Crippen LogP contribution in [0.5, 0.6) is 0 Å². The summed E-state index contributed by atoms with van der Waals surface area (Å²) in [5.74, 6) is 4.05. The van der Waals surface area contributed by atoms with Gasteiger partial charge in [0.15, 0.2) is 0 Å². The predicted molar refractivity (Wildman–Crippen MR) is 52.8 cm³/mol. The molecule has 0 N–H and O–H groups in total. The number of rotatable bonds is 3. The first-order valence-corrected chi connectivity index (χ1v) is 5.77. The largest absolute Gasteiger partial charge is 0.0648 e. The molecule has 2 rings (SSSR count). The van der Waals surface area contributed by atoms with Gasteiger partial charge in [-0.1, -0.05) is 26.2 Å². The van der Waals surface area contributed by atoms with Crippen LogP contribution < -0.4 is 0 Å². The van der Waals surface area contributed by atoms with Crippen LogP contribution in [0.25, 0.3) is 0 Å². The fraction of sp³-hybridized carbons (Fsp3) is 0.917. The topological polar surface area (TPSA) is 0 Å². The van der Waals surface area contributed by atoms with Gasteiger partial charge in [0.05, 0.1) is 0 Å². The third-order valence-corrected chi connectivity index (χ3v) is 3.64. The van der Waals surface area contributed by atoms with Crippen LogP contribution in [0.1, 0.15) is 58.3 Å². The Hall–Kier alpha value is 0. The highest BCUT2D eigenvalue weighted by atomic mass is 14.4. The Kier molecular flexibility index (Phi) is 2.73. The van der Waals surface area contributed by atoms with E-state index in [4.69, 9.17) is 0 Å². The second-order valence-corrected chi connectivity index (χ2v) is 4.54. The maximum absolute atomic E-state index is 2.36. The maximum Gasteiger partial charge on any atom is -0.0182 e. The predicted octanol–water partition coefficient (Wildman–Crippen LogP) is 3.96. The summed E-state index contributed by atoms with van der Waals surface area (Å²) in [6.07, 6.45) is 11.9. The van der Waals surface area contributed by atoms with Crippen molar-refractivity contribution in [2.24, 2.45) is 11.8 Å². The zero-order valence-electron chi connectivity index (χ0n) is 8.31. The van der Waals surface area contributed by atoms with Gasteiger partial charge in [-0.05, 0) is 49.9 Å². The Balaban J connectivity index is 1.85. The number of hydrogen-bond acceptors (Lipinski definition) is 0. The lowest BCUT2D eigenvalue weighted by molar-refractivity contribution is 0.342. The van der Waals surface area contributed by atoms with Crippen molar-refractivity contribution in [2.75, 3.05) is 0 Å². The molecule has 0 unspecified atom stereocenters. The molecule has 0 aromatic rings. The molecule has 0 bridgehead atoms. The van der Waals surface area contributed by atoms with Gasteiger partial charge >= 0.3 is 0 Å². The summed E-state index contributed by atoms with van der Waals surface area (Å²) in [4.78, 5) is 0. The van der Waals surface area contributed by atoms with Crippen LogP contribution in [0, 0.1) is 17.8 Å². The van der Waals surface area contributed by atoms with E-state index in [1.54, 1.807) is 0 Å². The van der Waals surface area contributed by atoms with Gasteiger partial charge in [-0.2, -0.15) is 0 Å². The first kappa shape index (κ1) is 8.59. The molecule has 0 aromatic carbocycles. The van der Waals surface area contributed by atoms with Gasteiger partial charge in [0, 0.05) is 0 Å². The molecular formula is C12H21. The van der Waals surface area contributed by atoms with Crippen LogP contribution in [0.4, 0.5) is 0 Å². The summed E-state index contributed by atoms with van der Waals surface area (Å²) >= 11 is 0. The van der Waals surface area contributed by atoms with Crippen molar-refractivity contribution in [1.82, 2.24) is 0 Å². The third kappa shape index (κ3) is 1.84. The lowest BCUT2D eigenvalue weighted by Crippen LogP contribution is -2.17. The summed E-state index contributed by atoms with van der Waals surface area (Å²) in [6, 6.07) is 0. The van der Waals surface area contributed by atoms with Crippen molar-refractivity contribution in [3.05, 3.63) is 5.92 Å². The zero-order valence-corrected chi connectivity index (χ0v) is 8.31. The normalized spacial score (nSPS) is 26.5. The Morgan fingerprint density at radius 3 is 2.00 bits per heavy atom. The minimum atomic E-state index is 1.04. The van der Waals surface area contributed by atoms with E-state index in [9.17, 15) is 0 Å². The van der Waals surface area contributed by atoms with Crippen molar-refractivity contribution < 1.29 is 0 Å². The second kappa shape index (κ2) is 3.81. The summed E-state index contributed by atoms with van der Waals surface area (Å²) in [6.45, 7) is 2.36. The monoisotopic (exact) mass is 165 g/mol. The molecule has 1 radical (unpaired) electrons. The van der Waals surface area contributed by atoms with Crippen molar-refractivity contribution >= 4 is 0 Å². The van der Waals surface area contributed by atoms with Crippen LogP contribution in [0.3, 0.4) is 0 Å². The lowest BCUT2D eigenvalue weighted by Gasteiger charge is -2.29. The smallest absolute Gasteiger partial charge is 0.0182 e. The van der Waals surface area contributed by atoms with Gasteiger partial charge in [0.25, 0.3) is 0 Å². The van der Waals surface area contributed by atoms with E-state index in [2.05, 4.69) is 6.92 Å². The summed E-state index contributed by atoms with van der Waals surface area (Å²) in [5, 5.41) is 0. The lowest BCUT2D eigenvalue weighted by atomic mass is 9.76. The quantitative estimate of drug-likeness (QED) is 0.593. The number of hydrogen-bond donors (Lipinski definition) is 0. The molecule has 0 saturated heterocycles. The van der Waals surface area contributed by atoms with Gasteiger partial charge in [0.2, 0.25) is 0 Å². The minimum absolute atomic E-state index is 1.04.